The van der Waals surface area contributed by atoms with E-state index in [4.69, 9.17) is 15.3 Å². The van der Waals surface area contributed by atoms with Crippen molar-refractivity contribution in [3.8, 4) is 0 Å². The van der Waals surface area contributed by atoms with Gasteiger partial charge in [-0.05, 0) is 119 Å². The van der Waals surface area contributed by atoms with Crippen LogP contribution in [0.4, 0.5) is 0 Å². The molecule has 0 aliphatic rings. The SMILES string of the molecule is C.C.C.CCC.CCC.CCC.CCC.CCc1ccsc1.CCc1ccsc1.CCc1ccsc1.CO.CO.CO.c1ccc2ccccc2c1.c1ccc2ccccc2c1.c1ccc2ccccc2c1.c1ccccc1.c1ccccc1. The van der Waals surface area contributed by atoms with Crippen molar-refractivity contribution in [2.24, 2.45) is 0 Å². The average molecular weight is 1200 g/mol. The number of hydrogen-bond acceptors (Lipinski definition) is 6. The van der Waals surface area contributed by atoms with Gasteiger partial charge in [-0.15, -0.1) is 0 Å². The number of aliphatic hydroxyl groups excluding tert-OH is 3. The van der Waals surface area contributed by atoms with Gasteiger partial charge in [-0.1, -0.05) is 343 Å². The van der Waals surface area contributed by atoms with Crippen molar-refractivity contribution in [1.82, 2.24) is 0 Å². The van der Waals surface area contributed by atoms with Crippen molar-refractivity contribution < 1.29 is 15.3 Å². The zero-order chi connectivity index (χ0) is 61.1. The van der Waals surface area contributed by atoms with E-state index in [9.17, 15) is 0 Å². The fourth-order valence-corrected chi connectivity index (χ4v) is 7.91. The van der Waals surface area contributed by atoms with Crippen LogP contribution in [-0.2, 0) is 19.3 Å². The van der Waals surface area contributed by atoms with Crippen molar-refractivity contribution in [3.05, 3.63) is 286 Å². The standard InChI is InChI=1S/3C10H8.3C6H8S.2C6H6.4C3H8.3CH4O.3CH4/c3*1-2-6-10-8-4-3-7-9(10)5-1;3*1-2-6-3-4-7-5-6;2*1-2-4-6-5-3-1;4*1-3-2;3*1-2;;;/h3*1-8H;3*3-5H,2H2,1H3;2*1-6H;4*3H2,1-2H3;3*2H,1H3;3*1H4. The minimum atomic E-state index is 0. The summed E-state index contributed by atoms with van der Waals surface area (Å²) in [7, 11) is 3.00. The van der Waals surface area contributed by atoms with Gasteiger partial charge >= 0.3 is 0 Å². The van der Waals surface area contributed by atoms with Crippen LogP contribution in [0.15, 0.2) is 269 Å². The molecule has 0 radical (unpaired) electrons. The summed E-state index contributed by atoms with van der Waals surface area (Å²) >= 11 is 5.29. The van der Waals surface area contributed by atoms with E-state index in [1.807, 2.05) is 72.8 Å². The summed E-state index contributed by atoms with van der Waals surface area (Å²) in [6.45, 7) is 23.5. The van der Waals surface area contributed by atoms with Crippen LogP contribution in [0.5, 0.6) is 0 Å². The summed E-state index contributed by atoms with van der Waals surface area (Å²) in [5.41, 5.74) is 4.35. The molecule has 0 spiro atoms. The van der Waals surface area contributed by atoms with Crippen LogP contribution in [0.1, 0.15) is 141 Å². The largest absolute Gasteiger partial charge is 0.400 e. The Hall–Kier alpha value is -6.48. The first-order valence-electron chi connectivity index (χ1n) is 28.5. The third-order valence-corrected chi connectivity index (χ3v) is 11.5. The normalized spacial score (nSPS) is 8.11. The minimum Gasteiger partial charge on any atom is -0.400 e. The van der Waals surface area contributed by atoms with Crippen molar-refractivity contribution in [3.63, 3.8) is 0 Å². The van der Waals surface area contributed by atoms with Crippen LogP contribution >= 0.6 is 34.0 Å². The second-order valence-corrected chi connectivity index (χ2v) is 19.0. The van der Waals surface area contributed by atoms with Crippen LogP contribution in [0.2, 0.25) is 0 Å². The molecule has 0 unspecified atom stereocenters. The van der Waals surface area contributed by atoms with Gasteiger partial charge in [0.05, 0.1) is 0 Å². The highest BCUT2D eigenvalue weighted by Crippen LogP contribution is 2.13. The van der Waals surface area contributed by atoms with Crippen LogP contribution in [0.3, 0.4) is 0 Å². The van der Waals surface area contributed by atoms with Crippen LogP contribution in [0, 0.1) is 0 Å². The number of fused-ring (bicyclic) bond motifs is 3. The number of aryl methyl sites for hydroxylation is 3. The predicted molar refractivity (Wildman–Crippen MR) is 394 cm³/mol. The Morgan fingerprint density at radius 3 is 0.405 bits per heavy atom. The van der Waals surface area contributed by atoms with E-state index < -0.39 is 0 Å². The Bertz CT molecular complexity index is 2220. The maximum atomic E-state index is 7.00. The van der Waals surface area contributed by atoms with Crippen molar-refractivity contribution in [2.75, 3.05) is 21.3 Å². The highest BCUT2D eigenvalue weighted by Gasteiger charge is 1.88. The van der Waals surface area contributed by atoms with Gasteiger partial charge in [0.2, 0.25) is 0 Å². The van der Waals surface area contributed by atoms with E-state index >= 15 is 0 Å². The second kappa shape index (κ2) is 76.5. The van der Waals surface area contributed by atoms with E-state index in [1.54, 1.807) is 34.0 Å². The summed E-state index contributed by atoms with van der Waals surface area (Å²) < 4.78 is 0. The minimum absolute atomic E-state index is 0. The van der Waals surface area contributed by atoms with E-state index in [-0.39, 0.29) is 22.3 Å². The van der Waals surface area contributed by atoms with E-state index in [2.05, 4.69) is 272 Å². The molecule has 0 amide bonds. The number of thiophene rings is 3. The van der Waals surface area contributed by atoms with Gasteiger partial charge in [-0.2, -0.15) is 34.0 Å². The molecule has 3 heterocycles. The molecule has 8 aromatic carbocycles. The molecule has 3 N–H and O–H groups in total. The molecular formula is C78H116O3S3. The maximum Gasteiger partial charge on any atom is 0.0319 e. The first kappa shape index (κ1) is 91.3. The van der Waals surface area contributed by atoms with Crippen molar-refractivity contribution >= 4 is 66.3 Å². The van der Waals surface area contributed by atoms with E-state index in [0.717, 1.165) is 21.3 Å². The molecule has 11 rings (SSSR count). The first-order chi connectivity index (χ1) is 39.9. The van der Waals surface area contributed by atoms with Gasteiger partial charge in [-0.3, -0.25) is 0 Å². The lowest BCUT2D eigenvalue weighted by Gasteiger charge is -1.92. The molecule has 0 aliphatic heterocycles. The van der Waals surface area contributed by atoms with Gasteiger partial charge in [0.1, 0.15) is 0 Å². The molecule has 0 bridgehead atoms. The Balaban J connectivity index is -0.000000155. The molecule has 0 saturated carbocycles. The summed E-state index contributed by atoms with van der Waals surface area (Å²) in [6.07, 6.45) is 8.51. The molecule has 0 saturated heterocycles. The first-order valence-corrected chi connectivity index (χ1v) is 31.4. The highest BCUT2D eigenvalue weighted by atomic mass is 32.1. The molecule has 11 aromatic rings. The fourth-order valence-electron chi connectivity index (χ4n) is 5.65. The van der Waals surface area contributed by atoms with Crippen LogP contribution in [-0.4, -0.2) is 36.6 Å². The third-order valence-electron chi connectivity index (χ3n) is 9.27. The summed E-state index contributed by atoms with van der Waals surface area (Å²) in [4.78, 5) is 0. The van der Waals surface area contributed by atoms with Gasteiger partial charge in [0.25, 0.3) is 0 Å². The molecule has 0 fully saturated rings. The molecule has 3 aromatic heterocycles. The smallest absolute Gasteiger partial charge is 0.0319 e. The number of hydrogen-bond donors (Lipinski definition) is 3. The molecule has 0 atom stereocenters. The number of benzene rings is 8. The lowest BCUT2D eigenvalue weighted by atomic mass is 10.1. The Morgan fingerprint density at radius 1 is 0.214 bits per heavy atom. The predicted octanol–water partition coefficient (Wildman–Crippen LogP) is 25.2. The lowest BCUT2D eigenvalue weighted by Crippen LogP contribution is -1.67. The number of rotatable bonds is 3. The van der Waals surface area contributed by atoms with E-state index in [0.29, 0.717) is 0 Å². The Morgan fingerprint density at radius 2 is 0.333 bits per heavy atom. The molecule has 84 heavy (non-hydrogen) atoms. The summed E-state index contributed by atoms with van der Waals surface area (Å²) in [6, 6.07) is 80.6. The molecule has 464 valence electrons. The molecule has 0 aliphatic carbocycles. The zero-order valence-electron chi connectivity index (χ0n) is 52.0. The topological polar surface area (TPSA) is 60.7 Å². The van der Waals surface area contributed by atoms with Gasteiger partial charge in [-0.25, -0.2) is 0 Å². The fraction of sp³-hybridized carbons (Fsp3) is 0.308. The number of aliphatic hydroxyl groups is 3. The Kier molecular flexibility index (Phi) is 83.1. The highest BCUT2D eigenvalue weighted by molar-refractivity contribution is 7.08. The lowest BCUT2D eigenvalue weighted by molar-refractivity contribution is 0.399. The average Bonchev–Trinajstić information content (AvgIpc) is 4.41. The molecular weight excluding hydrogens is 1080 g/mol. The zero-order valence-corrected chi connectivity index (χ0v) is 54.4. The van der Waals surface area contributed by atoms with Gasteiger partial charge in [0, 0.05) is 21.3 Å². The van der Waals surface area contributed by atoms with Crippen molar-refractivity contribution in [2.45, 2.75) is 143 Å². The van der Waals surface area contributed by atoms with Crippen LogP contribution in [0.25, 0.3) is 32.3 Å². The molecule has 3 nitrogen and oxygen atoms in total. The van der Waals surface area contributed by atoms with Gasteiger partial charge in [0.15, 0.2) is 0 Å². The van der Waals surface area contributed by atoms with E-state index in [1.165, 1.54) is 94.0 Å². The molecule has 6 heteroatoms. The summed E-state index contributed by atoms with van der Waals surface area (Å²) in [5.74, 6) is 0. The van der Waals surface area contributed by atoms with Crippen LogP contribution < -0.4 is 0 Å². The Labute approximate surface area is 528 Å². The second-order valence-electron chi connectivity index (χ2n) is 16.6. The van der Waals surface area contributed by atoms with Gasteiger partial charge < -0.3 is 15.3 Å². The van der Waals surface area contributed by atoms with Crippen molar-refractivity contribution in [1.29, 1.82) is 0 Å². The maximum absolute atomic E-state index is 7.00. The monoisotopic (exact) mass is 1200 g/mol. The summed E-state index contributed by atoms with van der Waals surface area (Å²) in [5, 5.41) is 41.7. The quantitative estimate of drug-likeness (QED) is 0.165. The third kappa shape index (κ3) is 56.0.